The van der Waals surface area contributed by atoms with Gasteiger partial charge in [0, 0.05) is 18.5 Å². The number of nitrogens with one attached hydrogen (secondary N) is 1. The smallest absolute Gasteiger partial charge is 0.121 e. The zero-order valence-electron chi connectivity index (χ0n) is 9.83. The molecule has 0 amide bonds. The van der Waals surface area contributed by atoms with Gasteiger partial charge < -0.3 is 10.1 Å². The first-order valence-electron chi connectivity index (χ1n) is 6.07. The molecule has 0 saturated heterocycles. The van der Waals surface area contributed by atoms with Gasteiger partial charge in [-0.3, -0.25) is 0 Å². The quantitative estimate of drug-likeness (QED) is 0.765. The SMILES string of the molecule is CCCCOC1=C(c2ccccc2)NCC1. The third kappa shape index (κ3) is 2.57. The minimum Gasteiger partial charge on any atom is -0.496 e. The van der Waals surface area contributed by atoms with Crippen LogP contribution in [0.1, 0.15) is 31.7 Å². The highest BCUT2D eigenvalue weighted by Crippen LogP contribution is 2.23. The fourth-order valence-electron chi connectivity index (χ4n) is 1.88. The van der Waals surface area contributed by atoms with Crippen LogP contribution in [0.4, 0.5) is 0 Å². The molecule has 0 aliphatic carbocycles. The molecular weight excluding hydrogens is 198 g/mol. The van der Waals surface area contributed by atoms with E-state index in [0.29, 0.717) is 0 Å². The summed E-state index contributed by atoms with van der Waals surface area (Å²) in [6, 6.07) is 10.4. The number of benzene rings is 1. The molecule has 2 nitrogen and oxygen atoms in total. The van der Waals surface area contributed by atoms with Crippen molar-refractivity contribution in [1.82, 2.24) is 5.32 Å². The molecule has 0 radical (unpaired) electrons. The van der Waals surface area contributed by atoms with E-state index in [9.17, 15) is 0 Å². The monoisotopic (exact) mass is 217 g/mol. The molecule has 2 heteroatoms. The maximum atomic E-state index is 5.83. The topological polar surface area (TPSA) is 21.3 Å². The van der Waals surface area contributed by atoms with Gasteiger partial charge in [-0.2, -0.15) is 0 Å². The Hall–Kier alpha value is -1.44. The van der Waals surface area contributed by atoms with Crippen molar-refractivity contribution >= 4 is 5.70 Å². The average Bonchev–Trinajstić information content (AvgIpc) is 2.79. The van der Waals surface area contributed by atoms with Gasteiger partial charge in [0.05, 0.1) is 12.3 Å². The van der Waals surface area contributed by atoms with Crippen LogP contribution in [0, 0.1) is 0 Å². The summed E-state index contributed by atoms with van der Waals surface area (Å²) in [4.78, 5) is 0. The van der Waals surface area contributed by atoms with Crippen LogP contribution in [0.15, 0.2) is 36.1 Å². The summed E-state index contributed by atoms with van der Waals surface area (Å²) in [6.45, 7) is 4.01. The molecule has 0 spiro atoms. The Morgan fingerprint density at radius 2 is 2.06 bits per heavy atom. The molecule has 0 unspecified atom stereocenters. The highest BCUT2D eigenvalue weighted by molar-refractivity contribution is 5.67. The fourth-order valence-corrected chi connectivity index (χ4v) is 1.88. The zero-order valence-corrected chi connectivity index (χ0v) is 9.83. The first-order valence-corrected chi connectivity index (χ1v) is 6.07. The van der Waals surface area contributed by atoms with Crippen LogP contribution < -0.4 is 5.32 Å². The van der Waals surface area contributed by atoms with Gasteiger partial charge in [0.15, 0.2) is 0 Å². The van der Waals surface area contributed by atoms with Gasteiger partial charge in [-0.05, 0) is 6.42 Å². The molecule has 0 saturated carbocycles. The first-order chi connectivity index (χ1) is 7.92. The summed E-state index contributed by atoms with van der Waals surface area (Å²) in [5, 5.41) is 3.40. The first kappa shape index (κ1) is 11.1. The van der Waals surface area contributed by atoms with E-state index < -0.39 is 0 Å². The number of hydrogen-bond acceptors (Lipinski definition) is 2. The second kappa shape index (κ2) is 5.59. The van der Waals surface area contributed by atoms with Crippen LogP contribution >= 0.6 is 0 Å². The Bertz CT molecular complexity index is 356. The van der Waals surface area contributed by atoms with Crippen molar-refractivity contribution in [2.45, 2.75) is 26.2 Å². The van der Waals surface area contributed by atoms with Crippen LogP contribution in [-0.4, -0.2) is 13.2 Å². The van der Waals surface area contributed by atoms with Crippen molar-refractivity contribution < 1.29 is 4.74 Å². The van der Waals surface area contributed by atoms with Crippen molar-refractivity contribution in [3.05, 3.63) is 41.7 Å². The summed E-state index contributed by atoms with van der Waals surface area (Å²) in [5.74, 6) is 1.12. The van der Waals surface area contributed by atoms with E-state index in [1.165, 1.54) is 17.7 Å². The van der Waals surface area contributed by atoms with Crippen molar-refractivity contribution in [3.63, 3.8) is 0 Å². The van der Waals surface area contributed by atoms with E-state index in [1.807, 2.05) is 6.07 Å². The molecule has 0 bridgehead atoms. The summed E-state index contributed by atoms with van der Waals surface area (Å²) in [7, 11) is 0. The van der Waals surface area contributed by atoms with Gasteiger partial charge in [0.25, 0.3) is 0 Å². The largest absolute Gasteiger partial charge is 0.496 e. The maximum absolute atomic E-state index is 5.83. The molecule has 1 heterocycles. The summed E-state index contributed by atoms with van der Waals surface area (Å²) in [6.07, 6.45) is 3.32. The van der Waals surface area contributed by atoms with E-state index in [2.05, 4.69) is 36.5 Å². The minimum absolute atomic E-state index is 0.837. The molecule has 1 aromatic carbocycles. The van der Waals surface area contributed by atoms with Crippen LogP contribution in [0.2, 0.25) is 0 Å². The van der Waals surface area contributed by atoms with Gasteiger partial charge in [0.2, 0.25) is 0 Å². The third-order valence-electron chi connectivity index (χ3n) is 2.77. The summed E-state index contributed by atoms with van der Waals surface area (Å²) < 4.78 is 5.83. The van der Waals surface area contributed by atoms with E-state index in [4.69, 9.17) is 4.74 Å². The molecule has 1 aliphatic rings. The van der Waals surface area contributed by atoms with Crippen molar-refractivity contribution in [2.24, 2.45) is 0 Å². The second-order valence-electron chi connectivity index (χ2n) is 4.04. The molecule has 16 heavy (non-hydrogen) atoms. The third-order valence-corrected chi connectivity index (χ3v) is 2.77. The van der Waals surface area contributed by atoms with E-state index in [0.717, 1.165) is 31.8 Å². The van der Waals surface area contributed by atoms with E-state index in [-0.39, 0.29) is 0 Å². The highest BCUT2D eigenvalue weighted by Gasteiger charge is 2.16. The van der Waals surface area contributed by atoms with Gasteiger partial charge in [-0.25, -0.2) is 0 Å². The average molecular weight is 217 g/mol. The van der Waals surface area contributed by atoms with Crippen molar-refractivity contribution in [1.29, 1.82) is 0 Å². The summed E-state index contributed by atoms with van der Waals surface area (Å²) >= 11 is 0. The van der Waals surface area contributed by atoms with Gasteiger partial charge >= 0.3 is 0 Å². The Balaban J connectivity index is 2.08. The van der Waals surface area contributed by atoms with Gasteiger partial charge in [-0.1, -0.05) is 43.7 Å². The Labute approximate surface area is 97.3 Å². The maximum Gasteiger partial charge on any atom is 0.121 e. The predicted octanol–water partition coefficient (Wildman–Crippen LogP) is 3.17. The van der Waals surface area contributed by atoms with E-state index >= 15 is 0 Å². The Kier molecular flexibility index (Phi) is 3.86. The van der Waals surface area contributed by atoms with Crippen LogP contribution in [0.25, 0.3) is 5.70 Å². The fraction of sp³-hybridized carbons (Fsp3) is 0.429. The number of hydrogen-bond donors (Lipinski definition) is 1. The molecule has 86 valence electrons. The molecule has 1 N–H and O–H groups in total. The highest BCUT2D eigenvalue weighted by atomic mass is 16.5. The van der Waals surface area contributed by atoms with E-state index in [1.54, 1.807) is 0 Å². The standard InChI is InChI=1S/C14H19NO/c1-2-3-11-16-13-9-10-15-14(13)12-7-5-4-6-8-12/h4-8,15H,2-3,9-11H2,1H3. The Morgan fingerprint density at radius 1 is 1.25 bits per heavy atom. The lowest BCUT2D eigenvalue weighted by Crippen LogP contribution is -2.06. The number of rotatable bonds is 5. The molecular formula is C14H19NO. The lowest BCUT2D eigenvalue weighted by atomic mass is 10.1. The summed E-state index contributed by atoms with van der Waals surface area (Å²) in [5.41, 5.74) is 2.41. The van der Waals surface area contributed by atoms with Gasteiger partial charge in [-0.15, -0.1) is 0 Å². The molecule has 1 aliphatic heterocycles. The van der Waals surface area contributed by atoms with Crippen molar-refractivity contribution in [3.8, 4) is 0 Å². The number of ether oxygens (including phenoxy) is 1. The van der Waals surface area contributed by atoms with Crippen LogP contribution in [0.3, 0.4) is 0 Å². The minimum atomic E-state index is 0.837. The van der Waals surface area contributed by atoms with Crippen molar-refractivity contribution in [2.75, 3.05) is 13.2 Å². The zero-order chi connectivity index (χ0) is 11.2. The predicted molar refractivity (Wildman–Crippen MR) is 66.8 cm³/mol. The van der Waals surface area contributed by atoms with Crippen LogP contribution in [-0.2, 0) is 4.74 Å². The lowest BCUT2D eigenvalue weighted by Gasteiger charge is -2.09. The lowest BCUT2D eigenvalue weighted by molar-refractivity contribution is 0.204. The number of unbranched alkanes of at least 4 members (excludes halogenated alkanes) is 1. The molecule has 0 fully saturated rings. The van der Waals surface area contributed by atoms with Crippen LogP contribution in [0.5, 0.6) is 0 Å². The second-order valence-corrected chi connectivity index (χ2v) is 4.04. The Morgan fingerprint density at radius 3 is 2.81 bits per heavy atom. The van der Waals surface area contributed by atoms with Gasteiger partial charge in [0.1, 0.15) is 5.76 Å². The molecule has 2 rings (SSSR count). The normalized spacial score (nSPS) is 15.1. The molecule has 0 atom stereocenters. The molecule has 0 aromatic heterocycles. The molecule has 1 aromatic rings.